The lowest BCUT2D eigenvalue weighted by Crippen LogP contribution is -2.48. The molecule has 0 saturated carbocycles. The van der Waals surface area contributed by atoms with Gasteiger partial charge in [0.1, 0.15) is 0 Å². The fraction of sp³-hybridized carbons (Fsp3) is 0.444. The topological polar surface area (TPSA) is 41.4 Å². The highest BCUT2D eigenvalue weighted by Crippen LogP contribution is 2.17. The molecule has 0 bridgehead atoms. The Bertz CT molecular complexity index is 650. The van der Waals surface area contributed by atoms with Crippen LogP contribution in [0.3, 0.4) is 0 Å². The Hall–Kier alpha value is -1.79. The zero-order valence-electron chi connectivity index (χ0n) is 14.1. The number of hydrogen-bond donors (Lipinski definition) is 0. The molecular formula is C18H24N4OS. The summed E-state index contributed by atoms with van der Waals surface area (Å²) in [6.07, 6.45) is 3.74. The summed E-state index contributed by atoms with van der Waals surface area (Å²) in [6.45, 7) is 7.44. The van der Waals surface area contributed by atoms with Gasteiger partial charge in [0.25, 0.3) is 0 Å². The normalized spacial score (nSPS) is 15.6. The molecular weight excluding hydrogens is 320 g/mol. The number of nitrogens with zero attached hydrogens (tertiary/aromatic N) is 4. The first-order chi connectivity index (χ1) is 11.8. The zero-order chi connectivity index (χ0) is 16.8. The molecule has 1 aromatic carbocycles. The van der Waals surface area contributed by atoms with Crippen molar-refractivity contribution in [3.8, 4) is 0 Å². The smallest absolute Gasteiger partial charge is 0.233 e. The Labute approximate surface area is 147 Å². The van der Waals surface area contributed by atoms with Crippen LogP contribution >= 0.6 is 11.8 Å². The summed E-state index contributed by atoms with van der Waals surface area (Å²) in [5.74, 6) is 0.681. The molecule has 1 aromatic heterocycles. The quantitative estimate of drug-likeness (QED) is 0.754. The van der Waals surface area contributed by atoms with Crippen LogP contribution in [0.15, 0.2) is 47.9 Å². The highest BCUT2D eigenvalue weighted by molar-refractivity contribution is 7.99. The molecule has 0 spiro atoms. The largest absolute Gasteiger partial charge is 0.339 e. The van der Waals surface area contributed by atoms with E-state index in [1.165, 1.54) is 17.3 Å². The van der Waals surface area contributed by atoms with Crippen molar-refractivity contribution in [3.63, 3.8) is 0 Å². The Morgan fingerprint density at radius 2 is 1.92 bits per heavy atom. The van der Waals surface area contributed by atoms with Gasteiger partial charge < -0.3 is 9.47 Å². The first-order valence-corrected chi connectivity index (χ1v) is 9.43. The summed E-state index contributed by atoms with van der Waals surface area (Å²) < 4.78 is 2.07. The molecule has 3 rings (SSSR count). The minimum Gasteiger partial charge on any atom is -0.339 e. The molecule has 2 heterocycles. The van der Waals surface area contributed by atoms with Crippen LogP contribution in [0.4, 0.5) is 0 Å². The number of aromatic nitrogens is 2. The Morgan fingerprint density at radius 1 is 1.17 bits per heavy atom. The third-order valence-corrected chi connectivity index (χ3v) is 5.31. The van der Waals surface area contributed by atoms with Gasteiger partial charge in [-0.3, -0.25) is 9.69 Å². The average molecular weight is 344 g/mol. The highest BCUT2D eigenvalue weighted by Gasteiger charge is 2.21. The third kappa shape index (κ3) is 4.39. The predicted molar refractivity (Wildman–Crippen MR) is 96.9 cm³/mol. The molecule has 0 radical (unpaired) electrons. The number of hydrogen-bond acceptors (Lipinski definition) is 4. The molecule has 1 aliphatic heterocycles. The van der Waals surface area contributed by atoms with Crippen molar-refractivity contribution in [2.24, 2.45) is 0 Å². The maximum atomic E-state index is 12.4. The van der Waals surface area contributed by atoms with Gasteiger partial charge in [-0.05, 0) is 12.5 Å². The standard InChI is InChI=1S/C18H24N4OS/c1-2-21-9-8-19-18(21)24-15-17(23)22-12-10-20(11-13-22)14-16-6-4-3-5-7-16/h3-9H,2,10-15H2,1H3. The lowest BCUT2D eigenvalue weighted by molar-refractivity contribution is -0.130. The van der Waals surface area contributed by atoms with Crippen molar-refractivity contribution in [2.45, 2.75) is 25.2 Å². The molecule has 1 saturated heterocycles. The summed E-state index contributed by atoms with van der Waals surface area (Å²) in [7, 11) is 0. The molecule has 24 heavy (non-hydrogen) atoms. The molecule has 6 heteroatoms. The van der Waals surface area contributed by atoms with Gasteiger partial charge in [0.15, 0.2) is 5.16 Å². The first kappa shape index (κ1) is 17.0. The molecule has 0 atom stereocenters. The van der Waals surface area contributed by atoms with Crippen molar-refractivity contribution in [1.82, 2.24) is 19.4 Å². The van der Waals surface area contributed by atoms with Crippen LogP contribution < -0.4 is 0 Å². The van der Waals surface area contributed by atoms with Crippen LogP contribution in [0.1, 0.15) is 12.5 Å². The summed E-state index contributed by atoms with van der Waals surface area (Å²) in [6, 6.07) is 10.5. The van der Waals surface area contributed by atoms with Crippen LogP contribution in [-0.4, -0.2) is 57.2 Å². The summed E-state index contributed by atoms with van der Waals surface area (Å²) >= 11 is 1.53. The maximum Gasteiger partial charge on any atom is 0.233 e. The van der Waals surface area contributed by atoms with Crippen molar-refractivity contribution in [1.29, 1.82) is 0 Å². The number of piperazine rings is 1. The fourth-order valence-corrected chi connectivity index (χ4v) is 3.82. The van der Waals surface area contributed by atoms with Crippen LogP contribution in [-0.2, 0) is 17.9 Å². The van der Waals surface area contributed by atoms with Crippen molar-refractivity contribution in [3.05, 3.63) is 48.3 Å². The van der Waals surface area contributed by atoms with E-state index >= 15 is 0 Å². The SMILES string of the molecule is CCn1ccnc1SCC(=O)N1CCN(Cc2ccccc2)CC1. The van der Waals surface area contributed by atoms with E-state index in [2.05, 4.69) is 45.6 Å². The molecule has 0 unspecified atom stereocenters. The molecule has 2 aromatic rings. The molecule has 0 N–H and O–H groups in total. The van der Waals surface area contributed by atoms with E-state index in [0.29, 0.717) is 5.75 Å². The van der Waals surface area contributed by atoms with Gasteiger partial charge in [0, 0.05) is 51.7 Å². The van der Waals surface area contributed by atoms with E-state index in [9.17, 15) is 4.79 Å². The van der Waals surface area contributed by atoms with Gasteiger partial charge in [-0.2, -0.15) is 0 Å². The summed E-state index contributed by atoms with van der Waals surface area (Å²) in [5.41, 5.74) is 1.33. The third-order valence-electron chi connectivity index (χ3n) is 4.32. The van der Waals surface area contributed by atoms with Gasteiger partial charge >= 0.3 is 0 Å². The van der Waals surface area contributed by atoms with Gasteiger partial charge in [-0.25, -0.2) is 4.98 Å². The van der Waals surface area contributed by atoms with E-state index in [4.69, 9.17) is 0 Å². The number of rotatable bonds is 6. The number of carbonyl (C=O) groups excluding carboxylic acids is 1. The van der Waals surface area contributed by atoms with E-state index in [0.717, 1.165) is 44.4 Å². The second kappa shape index (κ2) is 8.35. The molecule has 1 aliphatic rings. The number of imidazole rings is 1. The van der Waals surface area contributed by atoms with E-state index < -0.39 is 0 Å². The molecule has 1 amide bonds. The fourth-order valence-electron chi connectivity index (χ4n) is 2.89. The molecule has 5 nitrogen and oxygen atoms in total. The molecule has 128 valence electrons. The number of thioether (sulfide) groups is 1. The summed E-state index contributed by atoms with van der Waals surface area (Å²) in [4.78, 5) is 21.1. The minimum atomic E-state index is 0.213. The first-order valence-electron chi connectivity index (χ1n) is 8.44. The Morgan fingerprint density at radius 3 is 2.62 bits per heavy atom. The van der Waals surface area contributed by atoms with Crippen LogP contribution in [0.2, 0.25) is 0 Å². The monoisotopic (exact) mass is 344 g/mol. The van der Waals surface area contributed by atoms with E-state index in [1.54, 1.807) is 6.20 Å². The lowest BCUT2D eigenvalue weighted by Gasteiger charge is -2.34. The van der Waals surface area contributed by atoms with Gasteiger partial charge in [0.2, 0.25) is 5.91 Å². The summed E-state index contributed by atoms with van der Waals surface area (Å²) in [5, 5.41) is 0.925. The number of carbonyl (C=O) groups is 1. The van der Waals surface area contributed by atoms with E-state index in [1.807, 2.05) is 17.2 Å². The van der Waals surface area contributed by atoms with Gasteiger partial charge in [-0.1, -0.05) is 42.1 Å². The number of aryl methyl sites for hydroxylation is 1. The Balaban J connectivity index is 1.43. The lowest BCUT2D eigenvalue weighted by atomic mass is 10.2. The molecule has 0 aliphatic carbocycles. The predicted octanol–water partition coefficient (Wildman–Crippen LogP) is 2.34. The number of benzene rings is 1. The maximum absolute atomic E-state index is 12.4. The Kier molecular flexibility index (Phi) is 5.93. The van der Waals surface area contributed by atoms with Crippen LogP contribution in [0.5, 0.6) is 0 Å². The van der Waals surface area contributed by atoms with Crippen molar-refractivity contribution in [2.75, 3.05) is 31.9 Å². The van der Waals surface area contributed by atoms with Gasteiger partial charge in [-0.15, -0.1) is 0 Å². The van der Waals surface area contributed by atoms with E-state index in [-0.39, 0.29) is 5.91 Å². The average Bonchev–Trinajstić information content (AvgIpc) is 3.09. The minimum absolute atomic E-state index is 0.213. The highest BCUT2D eigenvalue weighted by atomic mass is 32.2. The van der Waals surface area contributed by atoms with Gasteiger partial charge in [0.05, 0.1) is 5.75 Å². The molecule has 1 fully saturated rings. The second-order valence-corrected chi connectivity index (χ2v) is 6.87. The van der Waals surface area contributed by atoms with Crippen LogP contribution in [0.25, 0.3) is 0 Å². The van der Waals surface area contributed by atoms with Crippen LogP contribution in [0, 0.1) is 0 Å². The van der Waals surface area contributed by atoms with Crippen molar-refractivity contribution >= 4 is 17.7 Å². The second-order valence-electron chi connectivity index (χ2n) is 5.93. The van der Waals surface area contributed by atoms with Crippen molar-refractivity contribution < 1.29 is 4.79 Å². The number of amides is 1. The zero-order valence-corrected chi connectivity index (χ0v) is 14.9.